The minimum Gasteiger partial charge on any atom is -0.335 e. The number of nitrogens with zero attached hydrogens (tertiary/aromatic N) is 2. The van der Waals surface area contributed by atoms with Crippen LogP contribution in [-0.4, -0.2) is 40.9 Å². The van der Waals surface area contributed by atoms with Gasteiger partial charge in [0.1, 0.15) is 0 Å². The lowest BCUT2D eigenvalue weighted by atomic mass is 9.98. The van der Waals surface area contributed by atoms with Gasteiger partial charge in [-0.3, -0.25) is 14.9 Å². The Hall–Kier alpha value is -1.95. The Bertz CT molecular complexity index is 528. The van der Waals surface area contributed by atoms with Crippen molar-refractivity contribution in [1.29, 1.82) is 0 Å². The molecule has 0 aromatic heterocycles. The summed E-state index contributed by atoms with van der Waals surface area (Å²) < 4.78 is 0. The van der Waals surface area contributed by atoms with E-state index >= 15 is 0 Å². The van der Waals surface area contributed by atoms with Crippen LogP contribution in [0.25, 0.3) is 0 Å². The number of carbonyl (C=O) groups excluding carboxylic acids is 1. The molecule has 0 saturated carbocycles. The molecule has 0 aliphatic carbocycles. The number of non-ortho nitro benzene ring substituents is 1. The first-order valence-corrected chi connectivity index (χ1v) is 6.65. The number of piperazine rings is 1. The summed E-state index contributed by atoms with van der Waals surface area (Å²) in [5.74, 6) is 0.0111. The summed E-state index contributed by atoms with van der Waals surface area (Å²) in [7, 11) is 0. The molecule has 6 heteroatoms. The van der Waals surface area contributed by atoms with Gasteiger partial charge in [0.25, 0.3) is 5.69 Å². The number of nitro benzene ring substituents is 1. The van der Waals surface area contributed by atoms with Gasteiger partial charge in [-0.1, -0.05) is 12.1 Å². The van der Waals surface area contributed by atoms with E-state index in [1.807, 2.05) is 18.7 Å². The predicted octanol–water partition coefficient (Wildman–Crippen LogP) is 1.35. The fraction of sp³-hybridized carbons (Fsp3) is 0.500. The van der Waals surface area contributed by atoms with Crippen molar-refractivity contribution in [2.24, 2.45) is 0 Å². The van der Waals surface area contributed by atoms with Crippen molar-refractivity contribution in [3.63, 3.8) is 0 Å². The van der Waals surface area contributed by atoms with Gasteiger partial charge in [0.15, 0.2) is 0 Å². The Balaban J connectivity index is 2.11. The summed E-state index contributed by atoms with van der Waals surface area (Å²) in [4.78, 5) is 24.5. The average molecular weight is 277 g/mol. The molecule has 1 aromatic carbocycles. The second-order valence-electron chi connectivity index (χ2n) is 5.64. The van der Waals surface area contributed by atoms with Gasteiger partial charge in [0.05, 0.1) is 11.3 Å². The standard InChI is InChI=1S/C14H19N3O3/c1-14(2)10-15-6-7-16(14)13(18)9-11-4-3-5-12(8-11)17(19)20/h3-5,8,15H,6-7,9-10H2,1-2H3. The van der Waals surface area contributed by atoms with Crippen LogP contribution in [0.5, 0.6) is 0 Å². The summed E-state index contributed by atoms with van der Waals surface area (Å²) >= 11 is 0. The maximum atomic E-state index is 12.4. The Morgan fingerprint density at radius 3 is 2.90 bits per heavy atom. The molecule has 0 radical (unpaired) electrons. The van der Waals surface area contributed by atoms with Crippen LogP contribution in [0.15, 0.2) is 24.3 Å². The number of hydrogen-bond donors (Lipinski definition) is 1. The lowest BCUT2D eigenvalue weighted by molar-refractivity contribution is -0.384. The first-order chi connectivity index (χ1) is 9.40. The van der Waals surface area contributed by atoms with Crippen molar-refractivity contribution in [2.45, 2.75) is 25.8 Å². The van der Waals surface area contributed by atoms with Crippen LogP contribution in [-0.2, 0) is 11.2 Å². The SMILES string of the molecule is CC1(C)CNCCN1C(=O)Cc1cccc([N+](=O)[O-])c1. The fourth-order valence-electron chi connectivity index (χ4n) is 2.50. The topological polar surface area (TPSA) is 75.5 Å². The molecule has 0 atom stereocenters. The largest absolute Gasteiger partial charge is 0.335 e. The molecule has 2 rings (SSSR count). The third kappa shape index (κ3) is 3.14. The number of hydrogen-bond acceptors (Lipinski definition) is 4. The molecule has 0 unspecified atom stereocenters. The summed E-state index contributed by atoms with van der Waals surface area (Å²) in [6.45, 7) is 6.24. The third-order valence-electron chi connectivity index (χ3n) is 3.58. The molecule has 1 aromatic rings. The highest BCUT2D eigenvalue weighted by molar-refractivity contribution is 5.80. The zero-order valence-electron chi connectivity index (χ0n) is 11.8. The van der Waals surface area contributed by atoms with Gasteiger partial charge in [-0.05, 0) is 19.4 Å². The van der Waals surface area contributed by atoms with Crippen LogP contribution >= 0.6 is 0 Å². The molecule has 6 nitrogen and oxygen atoms in total. The van der Waals surface area contributed by atoms with E-state index in [9.17, 15) is 14.9 Å². The second-order valence-corrected chi connectivity index (χ2v) is 5.64. The predicted molar refractivity (Wildman–Crippen MR) is 75.5 cm³/mol. The highest BCUT2D eigenvalue weighted by Gasteiger charge is 2.32. The van der Waals surface area contributed by atoms with E-state index < -0.39 is 4.92 Å². The Morgan fingerprint density at radius 1 is 1.50 bits per heavy atom. The average Bonchev–Trinajstić information content (AvgIpc) is 2.38. The van der Waals surface area contributed by atoms with Gasteiger partial charge in [0, 0.05) is 37.3 Å². The Labute approximate surface area is 117 Å². The lowest BCUT2D eigenvalue weighted by Gasteiger charge is -2.43. The molecule has 20 heavy (non-hydrogen) atoms. The molecule has 0 bridgehead atoms. The minimum absolute atomic E-state index is 0.0111. The first-order valence-electron chi connectivity index (χ1n) is 6.65. The smallest absolute Gasteiger partial charge is 0.269 e. The van der Waals surface area contributed by atoms with Crippen LogP contribution < -0.4 is 5.32 Å². The van der Waals surface area contributed by atoms with Crippen LogP contribution in [0.3, 0.4) is 0 Å². The van der Waals surface area contributed by atoms with Gasteiger partial charge >= 0.3 is 0 Å². The van der Waals surface area contributed by atoms with Crippen molar-refractivity contribution in [3.05, 3.63) is 39.9 Å². The van der Waals surface area contributed by atoms with Crippen LogP contribution in [0, 0.1) is 10.1 Å². The van der Waals surface area contributed by atoms with Gasteiger partial charge in [-0.2, -0.15) is 0 Å². The molecule has 108 valence electrons. The highest BCUT2D eigenvalue weighted by Crippen LogP contribution is 2.19. The van der Waals surface area contributed by atoms with Crippen LogP contribution in [0.1, 0.15) is 19.4 Å². The number of rotatable bonds is 3. The fourth-order valence-corrected chi connectivity index (χ4v) is 2.50. The van der Waals surface area contributed by atoms with E-state index in [0.717, 1.165) is 13.1 Å². The number of amides is 1. The highest BCUT2D eigenvalue weighted by atomic mass is 16.6. The van der Waals surface area contributed by atoms with Gasteiger partial charge in [-0.25, -0.2) is 0 Å². The molecule has 1 saturated heterocycles. The van der Waals surface area contributed by atoms with E-state index in [0.29, 0.717) is 12.1 Å². The molecule has 1 fully saturated rings. The maximum absolute atomic E-state index is 12.4. The normalized spacial score (nSPS) is 17.8. The van der Waals surface area contributed by atoms with E-state index in [1.165, 1.54) is 12.1 Å². The zero-order valence-corrected chi connectivity index (χ0v) is 11.8. The molecular formula is C14H19N3O3. The summed E-state index contributed by atoms with van der Waals surface area (Å²) in [5, 5.41) is 14.0. The molecule has 0 spiro atoms. The lowest BCUT2D eigenvalue weighted by Crippen LogP contribution is -2.60. The van der Waals surface area contributed by atoms with E-state index in [2.05, 4.69) is 5.32 Å². The zero-order chi connectivity index (χ0) is 14.8. The number of benzene rings is 1. The molecule has 1 aliphatic rings. The van der Waals surface area contributed by atoms with Crippen LogP contribution in [0.2, 0.25) is 0 Å². The number of nitro groups is 1. The number of nitrogens with one attached hydrogen (secondary N) is 1. The van der Waals surface area contributed by atoms with E-state index in [-0.39, 0.29) is 23.6 Å². The first kappa shape index (κ1) is 14.5. The van der Waals surface area contributed by atoms with Crippen molar-refractivity contribution in [3.8, 4) is 0 Å². The van der Waals surface area contributed by atoms with Crippen molar-refractivity contribution in [2.75, 3.05) is 19.6 Å². The summed E-state index contributed by atoms with van der Waals surface area (Å²) in [6.07, 6.45) is 0.200. The minimum atomic E-state index is -0.442. The van der Waals surface area contributed by atoms with E-state index in [4.69, 9.17) is 0 Å². The Kier molecular flexibility index (Phi) is 4.04. The summed E-state index contributed by atoms with van der Waals surface area (Å²) in [5.41, 5.74) is 0.476. The third-order valence-corrected chi connectivity index (χ3v) is 3.58. The quantitative estimate of drug-likeness (QED) is 0.668. The number of carbonyl (C=O) groups is 1. The Morgan fingerprint density at radius 2 is 2.25 bits per heavy atom. The maximum Gasteiger partial charge on any atom is 0.269 e. The molecule has 1 amide bonds. The summed E-state index contributed by atoms with van der Waals surface area (Å²) in [6, 6.07) is 6.26. The van der Waals surface area contributed by atoms with Gasteiger partial charge in [-0.15, -0.1) is 0 Å². The van der Waals surface area contributed by atoms with Crippen molar-refractivity contribution < 1.29 is 9.72 Å². The monoisotopic (exact) mass is 277 g/mol. The molecule has 1 N–H and O–H groups in total. The van der Waals surface area contributed by atoms with Gasteiger partial charge < -0.3 is 10.2 Å². The molecular weight excluding hydrogens is 258 g/mol. The second kappa shape index (κ2) is 5.58. The molecule has 1 heterocycles. The van der Waals surface area contributed by atoms with Crippen LogP contribution in [0.4, 0.5) is 5.69 Å². The molecule has 1 aliphatic heterocycles. The van der Waals surface area contributed by atoms with Crippen molar-refractivity contribution >= 4 is 11.6 Å². The van der Waals surface area contributed by atoms with Gasteiger partial charge in [0.2, 0.25) is 5.91 Å². The van der Waals surface area contributed by atoms with Crippen molar-refractivity contribution in [1.82, 2.24) is 10.2 Å². The van der Waals surface area contributed by atoms with E-state index in [1.54, 1.807) is 12.1 Å².